The van der Waals surface area contributed by atoms with Gasteiger partial charge in [-0.05, 0) is 157 Å². The van der Waals surface area contributed by atoms with Crippen LogP contribution in [0.25, 0.3) is 82.1 Å². The molecular weight excluding hydrogens is 665 g/mol. The Labute approximate surface area is 321 Å². The van der Waals surface area contributed by atoms with Crippen molar-refractivity contribution in [3.05, 3.63) is 181 Å². The molecule has 2 nitrogen and oxygen atoms in total. The number of aryl methyl sites for hydroxylation is 1. The van der Waals surface area contributed by atoms with Crippen LogP contribution in [0, 0.1) is 6.92 Å². The van der Waals surface area contributed by atoms with Gasteiger partial charge in [-0.25, -0.2) is 0 Å². The highest BCUT2D eigenvalue weighted by atomic mass is 15.1. The molecule has 0 atom stereocenters. The third-order valence-electron chi connectivity index (χ3n) is 11.8. The lowest BCUT2D eigenvalue weighted by Crippen LogP contribution is -2.19. The van der Waals surface area contributed by atoms with E-state index >= 15 is 0 Å². The average molecular weight is 705 g/mol. The van der Waals surface area contributed by atoms with Crippen LogP contribution in [0.2, 0.25) is 0 Å². The maximum atomic E-state index is 2.46. The first-order valence-electron chi connectivity index (χ1n) is 19.3. The van der Waals surface area contributed by atoms with Gasteiger partial charge in [0.15, 0.2) is 0 Å². The summed E-state index contributed by atoms with van der Waals surface area (Å²) in [5.74, 6) is 0. The van der Waals surface area contributed by atoms with E-state index in [1.54, 1.807) is 0 Å². The monoisotopic (exact) mass is 704 g/mol. The summed E-state index contributed by atoms with van der Waals surface area (Å²) < 4.78 is 2.41. The molecule has 1 aliphatic carbocycles. The third-order valence-corrected chi connectivity index (χ3v) is 11.8. The lowest BCUT2D eigenvalue weighted by Gasteiger charge is -2.33. The van der Waals surface area contributed by atoms with Gasteiger partial charge in [0, 0.05) is 27.8 Å². The topological polar surface area (TPSA) is 8.17 Å². The molecule has 0 fully saturated rings. The highest BCUT2D eigenvalue weighted by molar-refractivity contribution is 6.13. The van der Waals surface area contributed by atoms with E-state index in [0.717, 1.165) is 11.4 Å². The van der Waals surface area contributed by atoms with Crippen LogP contribution in [0.3, 0.4) is 0 Å². The molecule has 0 saturated heterocycles. The number of rotatable bonds is 4. The molecular formula is C53H40N2. The van der Waals surface area contributed by atoms with Crippen molar-refractivity contribution in [2.75, 3.05) is 4.90 Å². The molecule has 10 aromatic rings. The normalized spacial score (nSPS) is 12.4. The number of hydrogen-bond donors (Lipinski definition) is 0. The molecule has 1 aliphatic rings. The Morgan fingerprint density at radius 2 is 0.909 bits per heavy atom. The quantitative estimate of drug-likeness (QED) is 0.177. The Balaban J connectivity index is 1.03. The first-order valence-corrected chi connectivity index (χ1v) is 19.3. The summed E-state index contributed by atoms with van der Waals surface area (Å²) >= 11 is 0. The smallest absolute Gasteiger partial charge is 0.0541 e. The summed E-state index contributed by atoms with van der Waals surface area (Å²) in [6, 6.07) is 63.4. The third kappa shape index (κ3) is 4.95. The maximum Gasteiger partial charge on any atom is 0.0541 e. The molecule has 55 heavy (non-hydrogen) atoms. The zero-order valence-electron chi connectivity index (χ0n) is 31.6. The van der Waals surface area contributed by atoms with Crippen LogP contribution in [-0.2, 0) is 5.41 Å². The molecule has 11 rings (SSSR count). The van der Waals surface area contributed by atoms with Crippen molar-refractivity contribution in [2.45, 2.75) is 33.1 Å². The summed E-state index contributed by atoms with van der Waals surface area (Å²) in [5, 5.41) is 10.1. The van der Waals surface area contributed by atoms with Gasteiger partial charge >= 0.3 is 0 Å². The van der Waals surface area contributed by atoms with E-state index < -0.39 is 0 Å². The van der Waals surface area contributed by atoms with E-state index in [1.807, 2.05) is 0 Å². The molecule has 2 heteroatoms. The minimum Gasteiger partial charge on any atom is -0.310 e. The number of hydrogen-bond acceptors (Lipinski definition) is 1. The standard InChI is InChI=1S/C53H40N2/c1-33-17-21-40(22-18-33)54(52-32-35-12-6-5-11-34(35)31-49(52)53(2,3)4)41-23-19-36-27-45-47(29-38(36)25-41)46-28-37-20-24-42(26-39(37)30-48(45)46)55-50-15-9-7-13-43(50)44-14-8-10-16-51(44)55/h5-32H,1-4H3. The van der Waals surface area contributed by atoms with Crippen molar-refractivity contribution in [1.82, 2.24) is 4.57 Å². The number of para-hydroxylation sites is 2. The molecule has 262 valence electrons. The number of anilines is 3. The zero-order valence-corrected chi connectivity index (χ0v) is 31.6. The van der Waals surface area contributed by atoms with Crippen molar-refractivity contribution < 1.29 is 0 Å². The molecule has 0 spiro atoms. The maximum absolute atomic E-state index is 2.46. The average Bonchev–Trinajstić information content (AvgIpc) is 3.54. The second-order valence-corrected chi connectivity index (χ2v) is 16.4. The first-order chi connectivity index (χ1) is 26.8. The Morgan fingerprint density at radius 3 is 1.53 bits per heavy atom. The van der Waals surface area contributed by atoms with Gasteiger partial charge in [0.25, 0.3) is 0 Å². The highest BCUT2D eigenvalue weighted by Crippen LogP contribution is 2.51. The number of fused-ring (bicyclic) bond motifs is 10. The van der Waals surface area contributed by atoms with Crippen LogP contribution in [-0.4, -0.2) is 4.57 Å². The van der Waals surface area contributed by atoms with Crippen LogP contribution in [0.15, 0.2) is 170 Å². The first kappa shape index (κ1) is 31.8. The molecule has 0 aliphatic heterocycles. The molecule has 0 radical (unpaired) electrons. The predicted molar refractivity (Wildman–Crippen MR) is 236 cm³/mol. The fourth-order valence-electron chi connectivity index (χ4n) is 9.01. The SMILES string of the molecule is Cc1ccc(N(c2ccc3cc4c(cc3c2)-c2cc3ccc(-n5c6ccccc6c6ccccc65)cc3cc2-4)c2cc3ccccc3cc2C(C)(C)C)cc1. The molecule has 0 saturated carbocycles. The van der Waals surface area contributed by atoms with Crippen molar-refractivity contribution in [3.8, 4) is 27.9 Å². The molecule has 0 N–H and O–H groups in total. The van der Waals surface area contributed by atoms with E-state index in [-0.39, 0.29) is 5.41 Å². The summed E-state index contributed by atoms with van der Waals surface area (Å²) in [5.41, 5.74) is 15.0. The lowest BCUT2D eigenvalue weighted by atomic mass is 9.78. The van der Waals surface area contributed by atoms with Gasteiger partial charge in [-0.15, -0.1) is 0 Å². The Morgan fingerprint density at radius 1 is 0.418 bits per heavy atom. The second-order valence-electron chi connectivity index (χ2n) is 16.4. The van der Waals surface area contributed by atoms with Crippen molar-refractivity contribution in [2.24, 2.45) is 0 Å². The molecule has 9 aromatic carbocycles. The largest absolute Gasteiger partial charge is 0.310 e. The predicted octanol–water partition coefficient (Wildman–Crippen LogP) is 15.0. The van der Waals surface area contributed by atoms with Crippen molar-refractivity contribution >= 4 is 71.2 Å². The summed E-state index contributed by atoms with van der Waals surface area (Å²) in [6.45, 7) is 9.12. The number of aromatic nitrogens is 1. The fraction of sp³-hybridized carbons (Fsp3) is 0.0943. The Hall–Kier alpha value is -6.64. The molecule has 1 aromatic heterocycles. The van der Waals surface area contributed by atoms with Crippen molar-refractivity contribution in [1.29, 1.82) is 0 Å². The number of benzene rings is 9. The van der Waals surface area contributed by atoms with E-state index in [2.05, 4.69) is 207 Å². The van der Waals surface area contributed by atoms with Gasteiger partial charge in [0.2, 0.25) is 0 Å². The Kier molecular flexibility index (Phi) is 6.76. The highest BCUT2D eigenvalue weighted by Gasteiger charge is 2.27. The van der Waals surface area contributed by atoms with Crippen LogP contribution >= 0.6 is 0 Å². The van der Waals surface area contributed by atoms with E-state index in [4.69, 9.17) is 0 Å². The van der Waals surface area contributed by atoms with Gasteiger partial charge in [-0.3, -0.25) is 0 Å². The second kappa shape index (κ2) is 11.7. The van der Waals surface area contributed by atoms with Gasteiger partial charge in [-0.1, -0.05) is 111 Å². The summed E-state index contributed by atoms with van der Waals surface area (Å²) in [7, 11) is 0. The van der Waals surface area contributed by atoms with Crippen LogP contribution in [0.5, 0.6) is 0 Å². The van der Waals surface area contributed by atoms with E-state index in [9.17, 15) is 0 Å². The summed E-state index contributed by atoms with van der Waals surface area (Å²) in [6.07, 6.45) is 0. The van der Waals surface area contributed by atoms with Crippen LogP contribution in [0.4, 0.5) is 17.1 Å². The molecule has 0 amide bonds. The summed E-state index contributed by atoms with van der Waals surface area (Å²) in [4.78, 5) is 2.46. The van der Waals surface area contributed by atoms with Gasteiger partial charge < -0.3 is 9.47 Å². The zero-order chi connectivity index (χ0) is 37.0. The molecule has 0 unspecified atom stereocenters. The lowest BCUT2D eigenvalue weighted by molar-refractivity contribution is 0.592. The van der Waals surface area contributed by atoms with Gasteiger partial charge in [-0.2, -0.15) is 0 Å². The van der Waals surface area contributed by atoms with Gasteiger partial charge in [0.05, 0.1) is 16.7 Å². The van der Waals surface area contributed by atoms with Gasteiger partial charge in [0.1, 0.15) is 0 Å². The minimum absolute atomic E-state index is 0.0568. The minimum atomic E-state index is -0.0568. The Bertz CT molecular complexity index is 3140. The van der Waals surface area contributed by atoms with E-state index in [0.29, 0.717) is 0 Å². The van der Waals surface area contributed by atoms with Crippen molar-refractivity contribution in [3.63, 3.8) is 0 Å². The van der Waals surface area contributed by atoms with Crippen LogP contribution in [0.1, 0.15) is 31.9 Å². The molecule has 1 heterocycles. The molecule has 0 bridgehead atoms. The van der Waals surface area contributed by atoms with E-state index in [1.165, 1.54) is 98.9 Å². The number of nitrogens with zero attached hydrogens (tertiary/aromatic N) is 2. The van der Waals surface area contributed by atoms with Crippen LogP contribution < -0.4 is 4.90 Å². The fourth-order valence-corrected chi connectivity index (χ4v) is 9.01.